The number of methoxy groups -OCH3 is 2. The number of aromatic amines is 1. The number of ether oxygens (including phenoxy) is 2. The van der Waals surface area contributed by atoms with Crippen LogP contribution in [-0.2, 0) is 4.79 Å². The van der Waals surface area contributed by atoms with Crippen LogP contribution in [0.15, 0.2) is 53.6 Å². The van der Waals surface area contributed by atoms with Crippen molar-refractivity contribution in [2.75, 3.05) is 14.2 Å². The van der Waals surface area contributed by atoms with Gasteiger partial charge in [0.1, 0.15) is 11.5 Å². The number of carbonyl (C=O) groups is 1. The molecule has 1 aliphatic heterocycles. The number of rotatable bonds is 4. The van der Waals surface area contributed by atoms with Gasteiger partial charge in [-0.3, -0.25) is 4.79 Å². The zero-order chi connectivity index (χ0) is 22.5. The quantitative estimate of drug-likeness (QED) is 0.576. The van der Waals surface area contributed by atoms with Crippen molar-refractivity contribution >= 4 is 16.8 Å². The number of amides is 1. The van der Waals surface area contributed by atoms with Crippen LogP contribution >= 0.6 is 0 Å². The van der Waals surface area contributed by atoms with Crippen molar-refractivity contribution in [2.45, 2.75) is 46.2 Å². The molecule has 0 fully saturated rings. The smallest absolute Gasteiger partial charge is 0.250 e. The SMILES string of the molecule is COc1ccc(OC)c(-c2[nH]c3ccccc3c2C2C(C)=C(C)C(=O)N2C(C)(C)C)c1. The first-order chi connectivity index (χ1) is 14.7. The lowest BCUT2D eigenvalue weighted by Gasteiger charge is -2.38. The molecule has 2 aromatic carbocycles. The Morgan fingerprint density at radius 1 is 1.00 bits per heavy atom. The van der Waals surface area contributed by atoms with Gasteiger partial charge in [0.05, 0.1) is 26.0 Å². The predicted molar refractivity (Wildman–Crippen MR) is 125 cm³/mol. The van der Waals surface area contributed by atoms with Crippen LogP contribution in [0.5, 0.6) is 11.5 Å². The molecule has 1 atom stereocenters. The standard InChI is InChI=1S/C26H30N2O3/c1-15-16(2)25(29)28(26(3,4)5)24(15)22-18-10-8-9-11-20(18)27-23(22)19-14-17(30-6)12-13-21(19)31-7/h8-14,24,27H,1-7H3. The van der Waals surface area contributed by atoms with Gasteiger partial charge in [0.25, 0.3) is 5.91 Å². The van der Waals surface area contributed by atoms with Gasteiger partial charge in [0, 0.05) is 33.1 Å². The lowest BCUT2D eigenvalue weighted by Crippen LogP contribution is -2.45. The van der Waals surface area contributed by atoms with E-state index in [0.717, 1.165) is 50.4 Å². The lowest BCUT2D eigenvalue weighted by molar-refractivity contribution is -0.131. The highest BCUT2D eigenvalue weighted by Gasteiger charge is 2.43. The van der Waals surface area contributed by atoms with Crippen LogP contribution in [0.1, 0.15) is 46.2 Å². The average molecular weight is 419 g/mol. The number of carbonyl (C=O) groups excluding carboxylic acids is 1. The number of nitrogens with one attached hydrogen (secondary N) is 1. The Labute approximate surface area is 183 Å². The second-order valence-corrected chi connectivity index (χ2v) is 9.08. The van der Waals surface area contributed by atoms with Crippen molar-refractivity contribution < 1.29 is 14.3 Å². The molecule has 1 N–H and O–H groups in total. The topological polar surface area (TPSA) is 54.6 Å². The molecule has 4 rings (SSSR count). The number of para-hydroxylation sites is 1. The number of benzene rings is 2. The fourth-order valence-corrected chi connectivity index (χ4v) is 4.57. The molecule has 5 nitrogen and oxygen atoms in total. The van der Waals surface area contributed by atoms with Gasteiger partial charge in [-0.25, -0.2) is 0 Å². The summed E-state index contributed by atoms with van der Waals surface area (Å²) in [4.78, 5) is 18.9. The van der Waals surface area contributed by atoms with Crippen LogP contribution in [0, 0.1) is 0 Å². The number of hydrogen-bond acceptors (Lipinski definition) is 3. The molecule has 162 valence electrons. The molecule has 0 radical (unpaired) electrons. The lowest BCUT2D eigenvalue weighted by atomic mass is 9.91. The predicted octanol–water partition coefficient (Wildman–Crippen LogP) is 5.87. The third-order valence-electron chi connectivity index (χ3n) is 6.22. The summed E-state index contributed by atoms with van der Waals surface area (Å²) in [5, 5.41) is 1.10. The monoisotopic (exact) mass is 418 g/mol. The number of H-pyrrole nitrogens is 1. The van der Waals surface area contributed by atoms with Crippen LogP contribution in [-0.4, -0.2) is 35.5 Å². The summed E-state index contributed by atoms with van der Waals surface area (Å²) < 4.78 is 11.2. The third-order valence-corrected chi connectivity index (χ3v) is 6.22. The summed E-state index contributed by atoms with van der Waals surface area (Å²) in [6.07, 6.45) is 0. The number of fused-ring (bicyclic) bond motifs is 1. The molecule has 0 spiro atoms. The highest BCUT2D eigenvalue weighted by atomic mass is 16.5. The summed E-state index contributed by atoms with van der Waals surface area (Å²) in [7, 11) is 3.33. The first-order valence-electron chi connectivity index (χ1n) is 10.5. The molecule has 1 unspecified atom stereocenters. The minimum Gasteiger partial charge on any atom is -0.497 e. The average Bonchev–Trinajstić information content (AvgIpc) is 3.23. The van der Waals surface area contributed by atoms with Crippen molar-refractivity contribution in [3.05, 3.63) is 59.2 Å². The molecule has 0 saturated heterocycles. The van der Waals surface area contributed by atoms with Crippen molar-refractivity contribution in [3.8, 4) is 22.8 Å². The highest BCUT2D eigenvalue weighted by molar-refractivity contribution is 6.00. The van der Waals surface area contributed by atoms with Gasteiger partial charge in [0.15, 0.2) is 0 Å². The Hall–Kier alpha value is -3.21. The van der Waals surface area contributed by atoms with Crippen LogP contribution < -0.4 is 9.47 Å². The molecular weight excluding hydrogens is 388 g/mol. The van der Waals surface area contributed by atoms with E-state index in [0.29, 0.717) is 0 Å². The number of aromatic nitrogens is 1. The fraction of sp³-hybridized carbons (Fsp3) is 0.346. The fourth-order valence-electron chi connectivity index (χ4n) is 4.57. The number of hydrogen-bond donors (Lipinski definition) is 1. The van der Waals surface area contributed by atoms with Gasteiger partial charge < -0.3 is 19.4 Å². The molecule has 3 aromatic rings. The van der Waals surface area contributed by atoms with E-state index in [1.54, 1.807) is 14.2 Å². The van der Waals surface area contributed by atoms with E-state index in [-0.39, 0.29) is 17.5 Å². The van der Waals surface area contributed by atoms with E-state index < -0.39 is 0 Å². The Morgan fingerprint density at radius 2 is 1.71 bits per heavy atom. The first kappa shape index (κ1) is 21.0. The second-order valence-electron chi connectivity index (χ2n) is 9.08. The molecular formula is C26H30N2O3. The van der Waals surface area contributed by atoms with Gasteiger partial charge in [-0.1, -0.05) is 18.2 Å². The second kappa shape index (κ2) is 7.49. The molecule has 1 aromatic heterocycles. The third kappa shape index (κ3) is 3.29. The Balaban J connectivity index is 2.07. The maximum atomic E-state index is 13.3. The van der Waals surface area contributed by atoms with Gasteiger partial charge >= 0.3 is 0 Å². The summed E-state index contributed by atoms with van der Waals surface area (Å²) >= 11 is 0. The van der Waals surface area contributed by atoms with Crippen molar-refractivity contribution in [1.29, 1.82) is 0 Å². The minimum absolute atomic E-state index is 0.0869. The van der Waals surface area contributed by atoms with Gasteiger partial charge in [0.2, 0.25) is 0 Å². The Kier molecular flexibility index (Phi) is 5.08. The molecule has 0 saturated carbocycles. The van der Waals surface area contributed by atoms with E-state index in [9.17, 15) is 4.79 Å². The largest absolute Gasteiger partial charge is 0.497 e. The Bertz CT molecular complexity index is 1200. The van der Waals surface area contributed by atoms with Crippen LogP contribution in [0.4, 0.5) is 0 Å². The molecule has 1 aliphatic rings. The van der Waals surface area contributed by atoms with Gasteiger partial charge in [-0.15, -0.1) is 0 Å². The summed E-state index contributed by atoms with van der Waals surface area (Å²) in [5.74, 6) is 1.58. The van der Waals surface area contributed by atoms with Gasteiger partial charge in [-0.05, 0) is 64.5 Å². The van der Waals surface area contributed by atoms with Crippen LogP contribution in [0.25, 0.3) is 22.2 Å². The van der Waals surface area contributed by atoms with Crippen molar-refractivity contribution in [1.82, 2.24) is 9.88 Å². The summed E-state index contributed by atoms with van der Waals surface area (Å²) in [6.45, 7) is 10.3. The summed E-state index contributed by atoms with van der Waals surface area (Å²) in [5.41, 5.74) is 5.51. The molecule has 0 aliphatic carbocycles. The normalized spacial score (nSPS) is 17.1. The number of nitrogens with zero attached hydrogens (tertiary/aromatic N) is 1. The van der Waals surface area contributed by atoms with Crippen LogP contribution in [0.3, 0.4) is 0 Å². The highest BCUT2D eigenvalue weighted by Crippen LogP contribution is 2.49. The molecule has 31 heavy (non-hydrogen) atoms. The molecule has 5 heteroatoms. The minimum atomic E-state index is -0.338. The first-order valence-corrected chi connectivity index (χ1v) is 10.5. The van der Waals surface area contributed by atoms with Crippen molar-refractivity contribution in [2.24, 2.45) is 0 Å². The van der Waals surface area contributed by atoms with Crippen molar-refractivity contribution in [3.63, 3.8) is 0 Å². The zero-order valence-electron chi connectivity index (χ0n) is 19.3. The molecule has 0 bridgehead atoms. The summed E-state index contributed by atoms with van der Waals surface area (Å²) in [6, 6.07) is 13.9. The molecule has 2 heterocycles. The van der Waals surface area contributed by atoms with Crippen LogP contribution in [0.2, 0.25) is 0 Å². The maximum Gasteiger partial charge on any atom is 0.250 e. The molecule has 1 amide bonds. The van der Waals surface area contributed by atoms with E-state index in [2.05, 4.69) is 44.8 Å². The zero-order valence-corrected chi connectivity index (χ0v) is 19.3. The van der Waals surface area contributed by atoms with E-state index >= 15 is 0 Å². The maximum absolute atomic E-state index is 13.3. The van der Waals surface area contributed by atoms with E-state index in [1.165, 1.54) is 0 Å². The van der Waals surface area contributed by atoms with Gasteiger partial charge in [-0.2, -0.15) is 0 Å². The van der Waals surface area contributed by atoms with E-state index in [4.69, 9.17) is 9.47 Å². The Morgan fingerprint density at radius 3 is 2.35 bits per heavy atom. The van der Waals surface area contributed by atoms with E-state index in [1.807, 2.05) is 42.2 Å².